The number of benzene rings is 1. The van der Waals surface area contributed by atoms with E-state index < -0.39 is 6.04 Å². The predicted octanol–water partition coefficient (Wildman–Crippen LogP) is 5.05. The van der Waals surface area contributed by atoms with Crippen LogP contribution in [0.3, 0.4) is 0 Å². The molecular weight excluding hydrogens is 468 g/mol. The molecule has 4 heterocycles. The van der Waals surface area contributed by atoms with Crippen LogP contribution in [0.4, 0.5) is 0 Å². The van der Waals surface area contributed by atoms with Crippen LogP contribution in [0.5, 0.6) is 0 Å². The smallest absolute Gasteiger partial charge is 0.222 e. The van der Waals surface area contributed by atoms with E-state index in [1.807, 2.05) is 43.6 Å². The number of nitrogens with one attached hydrogen (secondary N) is 1. The first-order chi connectivity index (χ1) is 16.4. The SMILES string of the molecule is Cc1sc2c(c1C)C(c1ccc(Cl)cc1)=NC(CC(=O)NCCC1=CN=CC1)c1nnc(C)n1-2. The van der Waals surface area contributed by atoms with Crippen molar-refractivity contribution < 1.29 is 4.79 Å². The van der Waals surface area contributed by atoms with Gasteiger partial charge in [0.2, 0.25) is 5.91 Å². The minimum atomic E-state index is -0.458. The van der Waals surface area contributed by atoms with Gasteiger partial charge in [-0.15, -0.1) is 21.5 Å². The fourth-order valence-corrected chi connectivity index (χ4v) is 5.63. The standard InChI is InChI=1S/C25H25ClN6OS/c1-14-15(2)34-25-22(14)23(18-4-6-19(26)7-5-18)29-20(24-31-30-16(3)32(24)25)12-21(33)28-11-9-17-8-10-27-13-17/h4-7,10,13,20H,8-9,11-12H2,1-3H3,(H,28,33). The minimum Gasteiger partial charge on any atom is -0.356 e. The number of hydrogen-bond acceptors (Lipinski definition) is 6. The Kier molecular flexibility index (Phi) is 6.18. The first kappa shape index (κ1) is 22.7. The Balaban J connectivity index is 1.51. The van der Waals surface area contributed by atoms with Gasteiger partial charge in [-0.3, -0.25) is 19.3 Å². The zero-order valence-corrected chi connectivity index (χ0v) is 20.9. The van der Waals surface area contributed by atoms with Crippen LogP contribution in [-0.4, -0.2) is 39.1 Å². The average molecular weight is 493 g/mol. The Hall–Kier alpha value is -3.10. The lowest BCUT2D eigenvalue weighted by Crippen LogP contribution is -2.26. The third-order valence-corrected chi connectivity index (χ3v) is 7.66. The number of rotatable bonds is 6. The number of carbonyl (C=O) groups is 1. The van der Waals surface area contributed by atoms with Gasteiger partial charge < -0.3 is 5.32 Å². The molecule has 0 saturated heterocycles. The molecule has 0 fully saturated rings. The van der Waals surface area contributed by atoms with Crippen molar-refractivity contribution in [2.24, 2.45) is 9.98 Å². The summed E-state index contributed by atoms with van der Waals surface area (Å²) in [5.74, 6) is 1.41. The van der Waals surface area contributed by atoms with Gasteiger partial charge in [0.15, 0.2) is 5.82 Å². The molecule has 174 valence electrons. The van der Waals surface area contributed by atoms with E-state index in [0.29, 0.717) is 17.4 Å². The highest BCUT2D eigenvalue weighted by Crippen LogP contribution is 2.39. The molecule has 3 aromatic rings. The van der Waals surface area contributed by atoms with E-state index in [1.54, 1.807) is 11.3 Å². The lowest BCUT2D eigenvalue weighted by atomic mass is 9.99. The summed E-state index contributed by atoms with van der Waals surface area (Å²) in [4.78, 5) is 23.4. The molecule has 34 heavy (non-hydrogen) atoms. The molecule has 2 aliphatic rings. The number of thiophene rings is 1. The van der Waals surface area contributed by atoms with E-state index in [1.165, 1.54) is 16.0 Å². The molecule has 0 spiro atoms. The summed E-state index contributed by atoms with van der Waals surface area (Å²) in [5, 5.41) is 13.5. The van der Waals surface area contributed by atoms with Crippen molar-refractivity contribution in [2.45, 2.75) is 46.1 Å². The Morgan fingerprint density at radius 3 is 2.74 bits per heavy atom. The van der Waals surface area contributed by atoms with E-state index in [-0.39, 0.29) is 12.3 Å². The Bertz CT molecular complexity index is 1350. The van der Waals surface area contributed by atoms with Crippen LogP contribution < -0.4 is 5.32 Å². The third kappa shape index (κ3) is 4.23. The summed E-state index contributed by atoms with van der Waals surface area (Å²) < 4.78 is 2.06. The number of fused-ring (bicyclic) bond motifs is 3. The second-order valence-electron chi connectivity index (χ2n) is 8.53. The highest BCUT2D eigenvalue weighted by atomic mass is 35.5. The van der Waals surface area contributed by atoms with Crippen molar-refractivity contribution in [2.75, 3.05) is 6.54 Å². The quantitative estimate of drug-likeness (QED) is 0.522. The zero-order valence-electron chi connectivity index (χ0n) is 19.3. The van der Waals surface area contributed by atoms with Gasteiger partial charge >= 0.3 is 0 Å². The third-order valence-electron chi connectivity index (χ3n) is 6.22. The molecule has 2 aromatic heterocycles. The molecule has 1 N–H and O–H groups in total. The molecule has 1 unspecified atom stereocenters. The number of nitrogens with zero attached hydrogens (tertiary/aromatic N) is 5. The van der Waals surface area contributed by atoms with E-state index in [2.05, 4.69) is 38.9 Å². The van der Waals surface area contributed by atoms with Crippen molar-refractivity contribution >= 4 is 40.8 Å². The van der Waals surface area contributed by atoms with Gasteiger partial charge in [0.05, 0.1) is 12.1 Å². The molecule has 5 rings (SSSR count). The Morgan fingerprint density at radius 2 is 2.00 bits per heavy atom. The normalized spacial score (nSPS) is 16.5. The summed E-state index contributed by atoms with van der Waals surface area (Å²) in [6, 6.07) is 7.23. The summed E-state index contributed by atoms with van der Waals surface area (Å²) >= 11 is 7.86. The summed E-state index contributed by atoms with van der Waals surface area (Å²) in [6.45, 7) is 6.74. The van der Waals surface area contributed by atoms with Gasteiger partial charge in [-0.2, -0.15) is 0 Å². The van der Waals surface area contributed by atoms with Gasteiger partial charge in [0, 0.05) is 46.4 Å². The van der Waals surface area contributed by atoms with Crippen LogP contribution in [0, 0.1) is 20.8 Å². The molecule has 1 aromatic carbocycles. The van der Waals surface area contributed by atoms with Gasteiger partial charge in [0.1, 0.15) is 16.9 Å². The largest absolute Gasteiger partial charge is 0.356 e. The zero-order chi connectivity index (χ0) is 23.8. The van der Waals surface area contributed by atoms with Crippen molar-refractivity contribution in [3.63, 3.8) is 0 Å². The molecule has 2 aliphatic heterocycles. The Labute approximate surface area is 207 Å². The molecule has 0 saturated carbocycles. The minimum absolute atomic E-state index is 0.0610. The summed E-state index contributed by atoms with van der Waals surface area (Å²) in [5.41, 5.74) is 5.27. The molecule has 1 atom stereocenters. The molecule has 7 nitrogen and oxygen atoms in total. The summed E-state index contributed by atoms with van der Waals surface area (Å²) in [7, 11) is 0. The fourth-order valence-electron chi connectivity index (χ4n) is 4.29. The van der Waals surface area contributed by atoms with Crippen molar-refractivity contribution in [3.8, 4) is 5.00 Å². The van der Waals surface area contributed by atoms with E-state index >= 15 is 0 Å². The number of amides is 1. The fraction of sp³-hybridized carbons (Fsp3) is 0.320. The van der Waals surface area contributed by atoms with E-state index in [4.69, 9.17) is 16.6 Å². The van der Waals surface area contributed by atoms with E-state index in [0.717, 1.165) is 40.5 Å². The molecule has 0 radical (unpaired) electrons. The number of aryl methyl sites for hydroxylation is 2. The maximum Gasteiger partial charge on any atom is 0.222 e. The van der Waals surface area contributed by atoms with Crippen molar-refractivity contribution in [1.82, 2.24) is 20.1 Å². The first-order valence-corrected chi connectivity index (χ1v) is 12.4. The van der Waals surface area contributed by atoms with Gasteiger partial charge in [-0.25, -0.2) is 0 Å². The summed E-state index contributed by atoms with van der Waals surface area (Å²) in [6.07, 6.45) is 5.59. The number of hydrogen-bond donors (Lipinski definition) is 1. The van der Waals surface area contributed by atoms with E-state index in [9.17, 15) is 4.79 Å². The van der Waals surface area contributed by atoms with Crippen molar-refractivity contribution in [1.29, 1.82) is 0 Å². The second kappa shape index (κ2) is 9.27. The first-order valence-electron chi connectivity index (χ1n) is 11.2. The van der Waals surface area contributed by atoms with Crippen LogP contribution in [0.25, 0.3) is 5.00 Å². The molecule has 9 heteroatoms. The molecule has 1 amide bonds. The lowest BCUT2D eigenvalue weighted by Gasteiger charge is -2.13. The number of aliphatic imine (C=N–C) groups is 2. The second-order valence-corrected chi connectivity index (χ2v) is 10.2. The maximum atomic E-state index is 12.9. The highest BCUT2D eigenvalue weighted by molar-refractivity contribution is 7.15. The number of carbonyl (C=O) groups excluding carboxylic acids is 1. The van der Waals surface area contributed by atoms with Crippen molar-refractivity contribution in [3.05, 3.63) is 74.3 Å². The topological polar surface area (TPSA) is 84.5 Å². The van der Waals surface area contributed by atoms with Crippen LogP contribution in [0.2, 0.25) is 5.02 Å². The molecule has 0 bridgehead atoms. The lowest BCUT2D eigenvalue weighted by molar-refractivity contribution is -0.121. The highest BCUT2D eigenvalue weighted by Gasteiger charge is 2.32. The molecular formula is C25H25ClN6OS. The van der Waals surface area contributed by atoms with Crippen LogP contribution in [-0.2, 0) is 4.79 Å². The number of halogens is 1. The maximum absolute atomic E-state index is 12.9. The average Bonchev–Trinajstić information content (AvgIpc) is 3.51. The van der Waals surface area contributed by atoms with Crippen LogP contribution in [0.1, 0.15) is 58.5 Å². The molecule has 0 aliphatic carbocycles. The van der Waals surface area contributed by atoms with Gasteiger partial charge in [-0.1, -0.05) is 23.7 Å². The van der Waals surface area contributed by atoms with Gasteiger partial charge in [0.25, 0.3) is 0 Å². The van der Waals surface area contributed by atoms with Crippen LogP contribution in [0.15, 0.2) is 46.0 Å². The van der Waals surface area contributed by atoms with Gasteiger partial charge in [-0.05, 0) is 50.5 Å². The Morgan fingerprint density at radius 1 is 1.21 bits per heavy atom. The monoisotopic (exact) mass is 492 g/mol. The number of aromatic nitrogens is 3. The van der Waals surface area contributed by atoms with Crippen LogP contribution >= 0.6 is 22.9 Å². The predicted molar refractivity (Wildman–Crippen MR) is 137 cm³/mol.